The molecule has 5 aliphatic carbocycles. The molecular formula is C47H53NO9. The van der Waals surface area contributed by atoms with Gasteiger partial charge in [0, 0.05) is 76.0 Å². The van der Waals surface area contributed by atoms with Crippen LogP contribution in [-0.4, -0.2) is 112 Å². The maximum absolute atomic E-state index is 15.4. The van der Waals surface area contributed by atoms with E-state index in [0.717, 1.165) is 47.5 Å². The lowest BCUT2D eigenvalue weighted by molar-refractivity contribution is -0.282. The van der Waals surface area contributed by atoms with E-state index in [9.17, 15) is 9.90 Å². The van der Waals surface area contributed by atoms with Gasteiger partial charge < -0.3 is 33.5 Å². The molecule has 0 radical (unpaired) electrons. The van der Waals surface area contributed by atoms with Gasteiger partial charge in [0.25, 0.3) is 0 Å². The highest BCUT2D eigenvalue weighted by Gasteiger charge is 2.90. The van der Waals surface area contributed by atoms with Crippen molar-refractivity contribution in [1.82, 2.24) is 4.90 Å². The van der Waals surface area contributed by atoms with E-state index >= 15 is 4.79 Å². The van der Waals surface area contributed by atoms with E-state index < -0.39 is 46.7 Å². The van der Waals surface area contributed by atoms with Gasteiger partial charge in [-0.1, -0.05) is 61.5 Å². The second-order valence-corrected chi connectivity index (χ2v) is 17.8. The van der Waals surface area contributed by atoms with Crippen LogP contribution in [0.4, 0.5) is 0 Å². The molecule has 300 valence electrons. The summed E-state index contributed by atoms with van der Waals surface area (Å²) in [5.74, 6) is -2.28. The van der Waals surface area contributed by atoms with Crippen LogP contribution in [0.2, 0.25) is 0 Å². The van der Waals surface area contributed by atoms with Crippen LogP contribution in [-0.2, 0) is 28.4 Å². The van der Waals surface area contributed by atoms with Crippen molar-refractivity contribution >= 4 is 33.5 Å². The van der Waals surface area contributed by atoms with Crippen molar-refractivity contribution in [2.45, 2.75) is 74.3 Å². The Labute approximate surface area is 333 Å². The molecule has 5 saturated carbocycles. The number of carbonyl (C=O) groups excluding carboxylic acids is 2. The number of piperidine rings is 1. The van der Waals surface area contributed by atoms with Crippen LogP contribution in [0, 0.1) is 34.5 Å². The number of rotatable bonds is 10. The number of hydrogen-bond donors (Lipinski definition) is 1. The van der Waals surface area contributed by atoms with Gasteiger partial charge in [0.15, 0.2) is 0 Å². The van der Waals surface area contributed by atoms with E-state index in [2.05, 4.69) is 36.1 Å². The first-order chi connectivity index (χ1) is 27.6. The Hall–Kier alpha value is -3.90. The lowest BCUT2D eigenvalue weighted by Crippen LogP contribution is -2.77. The Morgan fingerprint density at radius 1 is 0.807 bits per heavy atom. The first-order valence-corrected chi connectivity index (χ1v) is 20.6. The molecule has 1 unspecified atom stereocenters. The topological polar surface area (TPSA) is 113 Å². The summed E-state index contributed by atoms with van der Waals surface area (Å²) in [5, 5.41) is 17.0. The molecule has 1 aliphatic heterocycles. The predicted molar refractivity (Wildman–Crippen MR) is 213 cm³/mol. The molecule has 57 heavy (non-hydrogen) atoms. The molecule has 4 aromatic rings. The maximum atomic E-state index is 15.4. The third-order valence-electron chi connectivity index (χ3n) is 15.9. The quantitative estimate of drug-likeness (QED) is 0.145. The van der Waals surface area contributed by atoms with Crippen molar-refractivity contribution in [2.75, 3.05) is 48.1 Å². The largest absolute Gasteiger partial charge is 0.455 e. The van der Waals surface area contributed by atoms with Crippen LogP contribution in [0.15, 0.2) is 84.9 Å². The number of hydrogen-bond acceptors (Lipinski definition) is 10. The van der Waals surface area contributed by atoms with Crippen LogP contribution < -0.4 is 0 Å². The summed E-state index contributed by atoms with van der Waals surface area (Å²) in [6.07, 6.45) is -0.192. The highest BCUT2D eigenvalue weighted by Crippen LogP contribution is 2.80. The van der Waals surface area contributed by atoms with Gasteiger partial charge in [-0.25, -0.2) is 9.59 Å². The van der Waals surface area contributed by atoms with Gasteiger partial charge in [-0.15, -0.1) is 0 Å². The molecule has 10 nitrogen and oxygen atoms in total. The number of methoxy groups -OCH3 is 4. The minimum absolute atomic E-state index is 0.0460. The molecule has 1 heterocycles. The molecule has 0 aromatic heterocycles. The number of fused-ring (bicyclic) bond motifs is 4. The zero-order chi connectivity index (χ0) is 39.5. The Morgan fingerprint density at radius 2 is 1.53 bits per heavy atom. The van der Waals surface area contributed by atoms with Gasteiger partial charge in [-0.2, -0.15) is 0 Å². The first-order valence-electron chi connectivity index (χ1n) is 20.6. The average Bonchev–Trinajstić information content (AvgIpc) is 3.61. The average molecular weight is 776 g/mol. The van der Waals surface area contributed by atoms with E-state index in [0.29, 0.717) is 24.2 Å². The van der Waals surface area contributed by atoms with E-state index in [4.69, 9.17) is 28.4 Å². The number of benzene rings is 4. The number of likely N-dealkylation sites (tertiary alicyclic amines) is 1. The van der Waals surface area contributed by atoms with Crippen molar-refractivity contribution < 1.29 is 43.1 Å². The van der Waals surface area contributed by atoms with E-state index in [1.54, 1.807) is 52.7 Å². The van der Waals surface area contributed by atoms with Gasteiger partial charge in [0.2, 0.25) is 0 Å². The monoisotopic (exact) mass is 775 g/mol. The summed E-state index contributed by atoms with van der Waals surface area (Å²) in [4.78, 5) is 32.1. The summed E-state index contributed by atoms with van der Waals surface area (Å²) in [5.41, 5.74) is -2.82. The normalized spacial score (nSPS) is 40.0. The minimum Gasteiger partial charge on any atom is -0.455 e. The number of aliphatic hydroxyl groups is 1. The zero-order valence-corrected chi connectivity index (χ0v) is 33.4. The molecule has 6 aliphatic rings. The van der Waals surface area contributed by atoms with Gasteiger partial charge >= 0.3 is 11.9 Å². The fraction of sp³-hybridized carbons (Fsp3) is 0.532. The van der Waals surface area contributed by atoms with Gasteiger partial charge in [0.1, 0.15) is 17.3 Å². The molecule has 7 bridgehead atoms. The molecule has 10 rings (SSSR count). The standard InChI is InChI=1S/C47H53NO9/c1-6-48-25-44(26-52-2)20-19-34(53-3)47-33-23-45(51)35(54-4)24-46(37(40(47)48)38(55-5)39(44)47,36(33)41(45)56-42(49)27-13-8-7-9-14-27)57-43(50)31-18-12-17-30-21-28-15-10-11-16-29(28)22-32(30)31/h7-18,21-22,33-41,51H,6,19-20,23-26H2,1-5H3/t33-,34+,35+,36-,37+,38+,39-,40?,41-,44+,45+,46-,47+/m1/s1. The number of ether oxygens (including phenoxy) is 6. The second-order valence-electron chi connectivity index (χ2n) is 17.8. The van der Waals surface area contributed by atoms with Crippen molar-refractivity contribution in [3.05, 3.63) is 96.1 Å². The molecule has 1 saturated heterocycles. The highest BCUT2D eigenvalue weighted by atomic mass is 16.6. The second kappa shape index (κ2) is 13.3. The summed E-state index contributed by atoms with van der Waals surface area (Å²) in [6.45, 7) is 4.31. The van der Waals surface area contributed by atoms with Crippen LogP contribution in [0.1, 0.15) is 53.3 Å². The molecule has 13 atom stereocenters. The number of nitrogens with zero attached hydrogens (tertiary/aromatic N) is 1. The van der Waals surface area contributed by atoms with Crippen molar-refractivity contribution in [2.24, 2.45) is 34.5 Å². The summed E-state index contributed by atoms with van der Waals surface area (Å²) < 4.78 is 39.9. The fourth-order valence-electron chi connectivity index (χ4n) is 14.4. The van der Waals surface area contributed by atoms with Crippen LogP contribution >= 0.6 is 0 Å². The molecule has 4 aromatic carbocycles. The summed E-state index contributed by atoms with van der Waals surface area (Å²) in [6, 6.07) is 26.9. The molecule has 6 fully saturated rings. The Bertz CT molecular complexity index is 2230. The van der Waals surface area contributed by atoms with Crippen molar-refractivity contribution in [3.8, 4) is 0 Å². The molecule has 10 heteroatoms. The lowest BCUT2D eigenvalue weighted by Gasteiger charge is -2.69. The Morgan fingerprint density at radius 3 is 2.23 bits per heavy atom. The molecule has 1 N–H and O–H groups in total. The predicted octanol–water partition coefficient (Wildman–Crippen LogP) is 6.31. The summed E-state index contributed by atoms with van der Waals surface area (Å²) in [7, 11) is 6.95. The molecule has 0 amide bonds. The van der Waals surface area contributed by atoms with E-state index in [1.165, 1.54) is 0 Å². The van der Waals surface area contributed by atoms with E-state index in [-0.39, 0.29) is 47.8 Å². The lowest BCUT2D eigenvalue weighted by atomic mass is 9.43. The highest BCUT2D eigenvalue weighted by molar-refractivity contribution is 6.09. The van der Waals surface area contributed by atoms with E-state index in [1.807, 2.05) is 36.4 Å². The number of esters is 2. The Kier molecular flexibility index (Phi) is 8.73. The van der Waals surface area contributed by atoms with Gasteiger partial charge in [0.05, 0.1) is 36.0 Å². The molecule has 1 spiro atoms. The minimum atomic E-state index is -1.56. The van der Waals surface area contributed by atoms with Crippen molar-refractivity contribution in [3.63, 3.8) is 0 Å². The zero-order valence-electron chi connectivity index (χ0n) is 33.4. The first kappa shape index (κ1) is 37.4. The summed E-state index contributed by atoms with van der Waals surface area (Å²) >= 11 is 0. The van der Waals surface area contributed by atoms with Crippen LogP contribution in [0.3, 0.4) is 0 Å². The van der Waals surface area contributed by atoms with Crippen molar-refractivity contribution in [1.29, 1.82) is 0 Å². The van der Waals surface area contributed by atoms with Crippen LogP contribution in [0.25, 0.3) is 21.5 Å². The smallest absolute Gasteiger partial charge is 0.339 e. The van der Waals surface area contributed by atoms with Crippen LogP contribution in [0.5, 0.6) is 0 Å². The van der Waals surface area contributed by atoms with Gasteiger partial charge in [-0.05, 0) is 83.6 Å². The maximum Gasteiger partial charge on any atom is 0.339 e. The molecular weight excluding hydrogens is 723 g/mol. The Balaban J connectivity index is 1.21. The fourth-order valence-corrected chi connectivity index (χ4v) is 14.4. The SMILES string of the molecule is CCN1C[C@]2(COC)CC[C@H](OC)[C@]34C1[C@H]([C@H](OC)[C@H]23)[C@@]1(OC(=O)c2cccc3cc5ccccc5cc23)C[C@H](OC)[C@@]2(O)C[C@@H]4[C@@H]1[C@H]2OC(=O)c1ccccc1. The third kappa shape index (κ3) is 4.80. The number of carbonyl (C=O) groups is 2. The van der Waals surface area contributed by atoms with Gasteiger partial charge in [-0.3, -0.25) is 4.90 Å². The third-order valence-corrected chi connectivity index (χ3v) is 15.9.